The van der Waals surface area contributed by atoms with Crippen molar-refractivity contribution in [2.75, 3.05) is 0 Å². The highest BCUT2D eigenvalue weighted by Crippen LogP contribution is 2.29. The van der Waals surface area contributed by atoms with E-state index in [1.807, 2.05) is 0 Å². The van der Waals surface area contributed by atoms with Crippen molar-refractivity contribution in [1.82, 2.24) is 5.32 Å². The van der Waals surface area contributed by atoms with E-state index < -0.39 is 0 Å². The summed E-state index contributed by atoms with van der Waals surface area (Å²) in [5.41, 5.74) is 0. The zero-order chi connectivity index (χ0) is 10.4. The van der Waals surface area contributed by atoms with Crippen molar-refractivity contribution < 1.29 is 0 Å². The summed E-state index contributed by atoms with van der Waals surface area (Å²) in [4.78, 5) is 0. The van der Waals surface area contributed by atoms with Crippen LogP contribution in [0, 0.1) is 5.92 Å². The Labute approximate surface area is 89.7 Å². The number of hydrogen-bond acceptors (Lipinski definition) is 1. The molecule has 3 atom stereocenters. The first-order valence-corrected chi connectivity index (χ1v) is 6.50. The quantitative estimate of drug-likeness (QED) is 0.585. The van der Waals surface area contributed by atoms with Crippen LogP contribution in [0.2, 0.25) is 0 Å². The van der Waals surface area contributed by atoms with Crippen LogP contribution >= 0.6 is 0 Å². The van der Waals surface area contributed by atoms with Crippen molar-refractivity contribution in [2.24, 2.45) is 5.92 Å². The Morgan fingerprint density at radius 2 is 1.86 bits per heavy atom. The van der Waals surface area contributed by atoms with Gasteiger partial charge in [0.05, 0.1) is 0 Å². The molecule has 1 N–H and O–H groups in total. The van der Waals surface area contributed by atoms with Crippen LogP contribution in [0.5, 0.6) is 0 Å². The summed E-state index contributed by atoms with van der Waals surface area (Å²) >= 11 is 0. The van der Waals surface area contributed by atoms with E-state index in [4.69, 9.17) is 0 Å². The highest BCUT2D eigenvalue weighted by molar-refractivity contribution is 4.90. The second-order valence-corrected chi connectivity index (χ2v) is 5.09. The molecule has 0 radical (unpaired) electrons. The third-order valence-electron chi connectivity index (χ3n) is 3.35. The molecule has 0 aromatic heterocycles. The Balaban J connectivity index is 1.85. The molecular weight excluding hydrogens is 170 g/mol. The maximum absolute atomic E-state index is 3.69. The number of hydrogen-bond donors (Lipinski definition) is 1. The molecule has 14 heavy (non-hydrogen) atoms. The summed E-state index contributed by atoms with van der Waals surface area (Å²) in [6.07, 6.45) is 9.82. The van der Waals surface area contributed by atoms with Gasteiger partial charge in [0.25, 0.3) is 0 Å². The Hall–Kier alpha value is -0.0400. The van der Waals surface area contributed by atoms with Gasteiger partial charge in [-0.2, -0.15) is 0 Å². The number of rotatable bonds is 8. The maximum Gasteiger partial charge on any atom is 0.00988 e. The molecule has 0 spiro atoms. The standard InChI is InChI=1S/C13H27N/c1-4-5-6-7-8-9-12(3)14-13-10-11(13)2/h11-14H,4-10H2,1-3H3. The van der Waals surface area contributed by atoms with Gasteiger partial charge in [-0.15, -0.1) is 0 Å². The fourth-order valence-electron chi connectivity index (χ4n) is 2.06. The SMILES string of the molecule is CCCCCCCC(C)NC1CC1C. The lowest BCUT2D eigenvalue weighted by Gasteiger charge is -2.13. The molecule has 1 aliphatic carbocycles. The normalized spacial score (nSPS) is 27.6. The van der Waals surface area contributed by atoms with E-state index in [9.17, 15) is 0 Å². The topological polar surface area (TPSA) is 12.0 Å². The molecule has 0 aromatic carbocycles. The van der Waals surface area contributed by atoms with E-state index in [-0.39, 0.29) is 0 Å². The van der Waals surface area contributed by atoms with Crippen molar-refractivity contribution >= 4 is 0 Å². The summed E-state index contributed by atoms with van der Waals surface area (Å²) in [6, 6.07) is 1.59. The first kappa shape index (κ1) is 12.0. The van der Waals surface area contributed by atoms with Gasteiger partial charge in [0.2, 0.25) is 0 Å². The molecule has 1 nitrogen and oxygen atoms in total. The van der Waals surface area contributed by atoms with E-state index in [1.165, 1.54) is 44.9 Å². The van der Waals surface area contributed by atoms with E-state index in [2.05, 4.69) is 26.1 Å². The highest BCUT2D eigenvalue weighted by Gasteiger charge is 2.32. The van der Waals surface area contributed by atoms with Crippen LogP contribution < -0.4 is 5.32 Å². The van der Waals surface area contributed by atoms with Crippen molar-refractivity contribution in [2.45, 2.75) is 77.8 Å². The third kappa shape index (κ3) is 4.99. The van der Waals surface area contributed by atoms with Crippen molar-refractivity contribution in [1.29, 1.82) is 0 Å². The fourth-order valence-corrected chi connectivity index (χ4v) is 2.06. The second kappa shape index (κ2) is 6.44. The van der Waals surface area contributed by atoms with Crippen LogP contribution in [-0.2, 0) is 0 Å². The molecule has 84 valence electrons. The molecule has 0 aliphatic heterocycles. The van der Waals surface area contributed by atoms with Gasteiger partial charge in [-0.05, 0) is 25.7 Å². The molecule has 0 aromatic rings. The summed E-state index contributed by atoms with van der Waals surface area (Å²) in [7, 11) is 0. The highest BCUT2D eigenvalue weighted by atomic mass is 15.0. The summed E-state index contributed by atoms with van der Waals surface area (Å²) in [5, 5.41) is 3.69. The summed E-state index contributed by atoms with van der Waals surface area (Å²) in [6.45, 7) is 6.95. The molecule has 1 aliphatic rings. The minimum atomic E-state index is 0.742. The minimum absolute atomic E-state index is 0.742. The van der Waals surface area contributed by atoms with E-state index in [1.54, 1.807) is 0 Å². The molecule has 0 bridgehead atoms. The largest absolute Gasteiger partial charge is 0.311 e. The van der Waals surface area contributed by atoms with E-state index >= 15 is 0 Å². The molecule has 0 heterocycles. The van der Waals surface area contributed by atoms with Gasteiger partial charge in [0, 0.05) is 12.1 Å². The van der Waals surface area contributed by atoms with Crippen molar-refractivity contribution in [3.05, 3.63) is 0 Å². The number of unbranched alkanes of at least 4 members (excludes halogenated alkanes) is 4. The Morgan fingerprint density at radius 1 is 1.21 bits per heavy atom. The Bertz CT molecular complexity index is 144. The van der Waals surface area contributed by atoms with Gasteiger partial charge in [0.1, 0.15) is 0 Å². The average Bonchev–Trinajstić information content (AvgIpc) is 2.81. The average molecular weight is 197 g/mol. The Morgan fingerprint density at radius 3 is 2.43 bits per heavy atom. The third-order valence-corrected chi connectivity index (χ3v) is 3.35. The molecule has 0 amide bonds. The van der Waals surface area contributed by atoms with Gasteiger partial charge in [-0.1, -0.05) is 46.0 Å². The van der Waals surface area contributed by atoms with E-state index in [0.717, 1.165) is 18.0 Å². The van der Waals surface area contributed by atoms with E-state index in [0.29, 0.717) is 0 Å². The molecule has 1 fully saturated rings. The van der Waals surface area contributed by atoms with Gasteiger partial charge < -0.3 is 5.32 Å². The van der Waals surface area contributed by atoms with Crippen LogP contribution in [0.15, 0.2) is 0 Å². The van der Waals surface area contributed by atoms with Gasteiger partial charge in [-0.25, -0.2) is 0 Å². The van der Waals surface area contributed by atoms with Crippen LogP contribution in [0.3, 0.4) is 0 Å². The molecule has 0 saturated heterocycles. The molecular formula is C13H27N. The lowest BCUT2D eigenvalue weighted by Crippen LogP contribution is -2.28. The molecule has 1 heteroatoms. The molecule has 1 saturated carbocycles. The predicted octanol–water partition coefficient (Wildman–Crippen LogP) is 3.73. The van der Waals surface area contributed by atoms with Gasteiger partial charge >= 0.3 is 0 Å². The second-order valence-electron chi connectivity index (χ2n) is 5.09. The first-order valence-electron chi connectivity index (χ1n) is 6.50. The van der Waals surface area contributed by atoms with Crippen LogP contribution in [0.4, 0.5) is 0 Å². The predicted molar refractivity (Wildman–Crippen MR) is 63.5 cm³/mol. The summed E-state index contributed by atoms with van der Waals surface area (Å²) < 4.78 is 0. The van der Waals surface area contributed by atoms with Gasteiger partial charge in [-0.3, -0.25) is 0 Å². The number of nitrogens with one attached hydrogen (secondary N) is 1. The maximum atomic E-state index is 3.69. The van der Waals surface area contributed by atoms with Gasteiger partial charge in [0.15, 0.2) is 0 Å². The van der Waals surface area contributed by atoms with Crippen molar-refractivity contribution in [3.63, 3.8) is 0 Å². The monoisotopic (exact) mass is 197 g/mol. The smallest absolute Gasteiger partial charge is 0.00988 e. The lowest BCUT2D eigenvalue weighted by atomic mass is 10.1. The van der Waals surface area contributed by atoms with Crippen LogP contribution in [0.25, 0.3) is 0 Å². The molecule has 1 rings (SSSR count). The zero-order valence-corrected chi connectivity index (χ0v) is 10.2. The fraction of sp³-hybridized carbons (Fsp3) is 1.00. The Kier molecular flexibility index (Phi) is 5.54. The van der Waals surface area contributed by atoms with Crippen molar-refractivity contribution in [3.8, 4) is 0 Å². The minimum Gasteiger partial charge on any atom is -0.311 e. The molecule has 3 unspecified atom stereocenters. The first-order chi connectivity index (χ1) is 6.74. The van der Waals surface area contributed by atoms with Crippen LogP contribution in [0.1, 0.15) is 65.7 Å². The zero-order valence-electron chi connectivity index (χ0n) is 10.2. The lowest BCUT2D eigenvalue weighted by molar-refractivity contribution is 0.470. The summed E-state index contributed by atoms with van der Waals surface area (Å²) in [5.74, 6) is 0.942. The van der Waals surface area contributed by atoms with Crippen LogP contribution in [-0.4, -0.2) is 12.1 Å².